The summed E-state index contributed by atoms with van der Waals surface area (Å²) in [6, 6.07) is 0. The molecule has 4 aliphatic carbocycles. The second-order valence-electron chi connectivity index (χ2n) is 10.1. The number of Topliss-reactive ketones (excluding diaryl/α,β-unsaturated/α-hetero) is 1. The van der Waals surface area contributed by atoms with E-state index in [1.165, 1.54) is 37.2 Å². The van der Waals surface area contributed by atoms with Crippen LogP contribution in [0.3, 0.4) is 0 Å². The Morgan fingerprint density at radius 1 is 1.08 bits per heavy atom. The SMILES string of the molecule is C[C@]12CCC(N3CCCC3)=CC1=CC[C@H]1[C@@H]3CCC(=O)[C@@]3(C)CC[C@@]12O. The van der Waals surface area contributed by atoms with Crippen molar-refractivity contribution in [2.75, 3.05) is 13.1 Å². The zero-order chi connectivity index (χ0) is 18.2. The molecule has 1 aliphatic heterocycles. The molecule has 0 amide bonds. The van der Waals surface area contributed by atoms with Crippen LogP contribution in [0, 0.1) is 22.7 Å². The Morgan fingerprint density at radius 3 is 2.62 bits per heavy atom. The van der Waals surface area contributed by atoms with Gasteiger partial charge in [-0.05, 0) is 74.9 Å². The maximum absolute atomic E-state index is 12.5. The predicted molar refractivity (Wildman–Crippen MR) is 102 cm³/mol. The summed E-state index contributed by atoms with van der Waals surface area (Å²) in [6.07, 6.45) is 13.9. The number of fused-ring (bicyclic) bond motifs is 5. The van der Waals surface area contributed by atoms with Gasteiger partial charge in [0, 0.05) is 36.0 Å². The van der Waals surface area contributed by atoms with E-state index in [4.69, 9.17) is 0 Å². The minimum Gasteiger partial charge on any atom is -0.389 e. The molecule has 0 bridgehead atoms. The quantitative estimate of drug-likeness (QED) is 0.765. The highest BCUT2D eigenvalue weighted by atomic mass is 16.3. The second kappa shape index (κ2) is 5.47. The van der Waals surface area contributed by atoms with Gasteiger partial charge in [-0.1, -0.05) is 19.9 Å². The standard InChI is InChI=1S/C23H33NO2/c1-21-11-12-23(26)19(18(21)7-8-20(21)25)6-5-16-15-17(9-10-22(16,23)2)24-13-3-4-14-24/h5,15,18-19,26H,3-4,6-14H2,1-2H3/t18-,19-,21-,22-,23+/m0/s1. The summed E-state index contributed by atoms with van der Waals surface area (Å²) in [5.41, 5.74) is 1.90. The van der Waals surface area contributed by atoms with E-state index >= 15 is 0 Å². The average molecular weight is 356 g/mol. The van der Waals surface area contributed by atoms with Crippen molar-refractivity contribution in [1.82, 2.24) is 4.90 Å². The minimum atomic E-state index is -0.640. The van der Waals surface area contributed by atoms with Crippen LogP contribution in [0.2, 0.25) is 0 Å². The van der Waals surface area contributed by atoms with Gasteiger partial charge in [0.05, 0.1) is 5.60 Å². The predicted octanol–water partition coefficient (Wildman–Crippen LogP) is 4.22. The molecule has 3 nitrogen and oxygen atoms in total. The largest absolute Gasteiger partial charge is 0.389 e. The number of hydrogen-bond acceptors (Lipinski definition) is 3. The molecular formula is C23H33NO2. The van der Waals surface area contributed by atoms with E-state index in [-0.39, 0.29) is 16.7 Å². The monoisotopic (exact) mass is 355 g/mol. The molecule has 3 heteroatoms. The molecular weight excluding hydrogens is 322 g/mol. The number of likely N-dealkylation sites (tertiary alicyclic amines) is 1. The molecule has 0 aromatic rings. The van der Waals surface area contributed by atoms with Crippen LogP contribution in [0.4, 0.5) is 0 Å². The summed E-state index contributed by atoms with van der Waals surface area (Å²) in [7, 11) is 0. The topological polar surface area (TPSA) is 40.5 Å². The van der Waals surface area contributed by atoms with E-state index in [1.54, 1.807) is 0 Å². The van der Waals surface area contributed by atoms with Crippen molar-refractivity contribution in [3.05, 3.63) is 23.4 Å². The molecule has 142 valence electrons. The summed E-state index contributed by atoms with van der Waals surface area (Å²) < 4.78 is 0. The van der Waals surface area contributed by atoms with E-state index in [0.717, 1.165) is 44.9 Å². The van der Waals surface area contributed by atoms with E-state index < -0.39 is 5.60 Å². The van der Waals surface area contributed by atoms with E-state index in [9.17, 15) is 9.90 Å². The first-order valence-corrected chi connectivity index (χ1v) is 10.8. The van der Waals surface area contributed by atoms with E-state index in [2.05, 4.69) is 30.9 Å². The third-order valence-electron chi connectivity index (χ3n) is 9.16. The van der Waals surface area contributed by atoms with Crippen LogP contribution in [0.15, 0.2) is 23.4 Å². The fourth-order valence-corrected chi connectivity index (χ4v) is 7.27. The molecule has 1 N–H and O–H groups in total. The summed E-state index contributed by atoms with van der Waals surface area (Å²) in [6.45, 7) is 6.89. The number of carbonyl (C=O) groups excluding carboxylic acids is 1. The fourth-order valence-electron chi connectivity index (χ4n) is 7.27. The maximum Gasteiger partial charge on any atom is 0.139 e. The molecule has 3 fully saturated rings. The normalized spacial score (nSPS) is 47.8. The molecule has 0 spiro atoms. The van der Waals surface area contributed by atoms with Gasteiger partial charge in [0.15, 0.2) is 0 Å². The van der Waals surface area contributed by atoms with Crippen molar-refractivity contribution in [1.29, 1.82) is 0 Å². The first-order valence-electron chi connectivity index (χ1n) is 10.8. The molecule has 1 saturated heterocycles. The average Bonchev–Trinajstić information content (AvgIpc) is 3.25. The second-order valence-corrected chi connectivity index (χ2v) is 10.1. The Kier molecular flexibility index (Phi) is 3.58. The number of ketones is 1. The maximum atomic E-state index is 12.5. The molecule has 0 aromatic heterocycles. The van der Waals surface area contributed by atoms with Crippen LogP contribution >= 0.6 is 0 Å². The third kappa shape index (κ3) is 2.01. The minimum absolute atomic E-state index is 0.147. The van der Waals surface area contributed by atoms with Gasteiger partial charge < -0.3 is 10.0 Å². The van der Waals surface area contributed by atoms with E-state index in [1.807, 2.05) is 0 Å². The highest BCUT2D eigenvalue weighted by molar-refractivity contribution is 5.87. The van der Waals surface area contributed by atoms with Gasteiger partial charge in [-0.3, -0.25) is 4.79 Å². The highest BCUT2D eigenvalue weighted by Crippen LogP contribution is 2.65. The van der Waals surface area contributed by atoms with Crippen LogP contribution < -0.4 is 0 Å². The number of allylic oxidation sites excluding steroid dienone is 3. The Labute approximate surface area is 157 Å². The summed E-state index contributed by atoms with van der Waals surface area (Å²) >= 11 is 0. The molecule has 1 heterocycles. The van der Waals surface area contributed by atoms with Gasteiger partial charge in [-0.2, -0.15) is 0 Å². The van der Waals surface area contributed by atoms with Gasteiger partial charge in [0.1, 0.15) is 5.78 Å². The molecule has 0 aromatic carbocycles. The van der Waals surface area contributed by atoms with Crippen molar-refractivity contribution in [3.63, 3.8) is 0 Å². The molecule has 0 unspecified atom stereocenters. The van der Waals surface area contributed by atoms with Crippen LogP contribution in [0.25, 0.3) is 0 Å². The zero-order valence-corrected chi connectivity index (χ0v) is 16.4. The molecule has 5 aliphatic rings. The molecule has 26 heavy (non-hydrogen) atoms. The van der Waals surface area contributed by atoms with Gasteiger partial charge >= 0.3 is 0 Å². The lowest BCUT2D eigenvalue weighted by Crippen LogP contribution is -2.62. The van der Waals surface area contributed by atoms with Gasteiger partial charge in [0.2, 0.25) is 0 Å². The number of carbonyl (C=O) groups is 1. The lowest BCUT2D eigenvalue weighted by molar-refractivity contribution is -0.178. The number of rotatable bonds is 1. The van der Waals surface area contributed by atoms with Crippen LogP contribution in [0.1, 0.15) is 71.6 Å². The Hall–Kier alpha value is -1.09. The number of nitrogens with zero attached hydrogens (tertiary/aromatic N) is 1. The van der Waals surface area contributed by atoms with Crippen molar-refractivity contribution in [3.8, 4) is 0 Å². The van der Waals surface area contributed by atoms with Crippen molar-refractivity contribution < 1.29 is 9.90 Å². The zero-order valence-electron chi connectivity index (χ0n) is 16.4. The van der Waals surface area contributed by atoms with Gasteiger partial charge in [0.25, 0.3) is 0 Å². The van der Waals surface area contributed by atoms with Crippen molar-refractivity contribution >= 4 is 5.78 Å². The third-order valence-corrected chi connectivity index (χ3v) is 9.16. The Morgan fingerprint density at radius 2 is 1.85 bits per heavy atom. The Bertz CT molecular complexity index is 703. The molecule has 0 radical (unpaired) electrons. The smallest absolute Gasteiger partial charge is 0.139 e. The first-order chi connectivity index (χ1) is 12.4. The number of hydrogen-bond donors (Lipinski definition) is 1. The van der Waals surface area contributed by atoms with E-state index in [0.29, 0.717) is 11.7 Å². The lowest BCUT2D eigenvalue weighted by Gasteiger charge is -2.61. The first kappa shape index (κ1) is 17.0. The van der Waals surface area contributed by atoms with Crippen molar-refractivity contribution in [2.24, 2.45) is 22.7 Å². The van der Waals surface area contributed by atoms with Gasteiger partial charge in [-0.25, -0.2) is 0 Å². The van der Waals surface area contributed by atoms with Crippen molar-refractivity contribution in [2.45, 2.75) is 77.2 Å². The molecule has 2 saturated carbocycles. The summed E-state index contributed by atoms with van der Waals surface area (Å²) in [5, 5.41) is 12.0. The van der Waals surface area contributed by atoms with Crippen LogP contribution in [-0.2, 0) is 4.79 Å². The highest BCUT2D eigenvalue weighted by Gasteiger charge is 2.65. The summed E-state index contributed by atoms with van der Waals surface area (Å²) in [5.74, 6) is 1.07. The van der Waals surface area contributed by atoms with Crippen LogP contribution in [0.5, 0.6) is 0 Å². The lowest BCUT2D eigenvalue weighted by atomic mass is 9.46. The molecule has 5 atom stereocenters. The number of aliphatic hydroxyl groups is 1. The van der Waals surface area contributed by atoms with Crippen LogP contribution in [-0.4, -0.2) is 34.5 Å². The fraction of sp³-hybridized carbons (Fsp3) is 0.783. The van der Waals surface area contributed by atoms with Gasteiger partial charge in [-0.15, -0.1) is 0 Å². The Balaban J connectivity index is 1.52. The summed E-state index contributed by atoms with van der Waals surface area (Å²) in [4.78, 5) is 15.1. The molecule has 5 rings (SSSR count).